The van der Waals surface area contributed by atoms with Crippen molar-refractivity contribution in [2.24, 2.45) is 0 Å². The van der Waals surface area contributed by atoms with Gasteiger partial charge in [0.05, 0.1) is 0 Å². The average Bonchev–Trinajstić information content (AvgIpc) is 3.41. The van der Waals surface area contributed by atoms with Crippen LogP contribution in [-0.4, -0.2) is 59.2 Å². The summed E-state index contributed by atoms with van der Waals surface area (Å²) in [5, 5.41) is 63.2. The van der Waals surface area contributed by atoms with Crippen molar-refractivity contribution in [3.63, 3.8) is 0 Å². The minimum atomic E-state index is -4.57. The fourth-order valence-electron chi connectivity index (χ4n) is 2.59. The van der Waals surface area contributed by atoms with Crippen molar-refractivity contribution in [1.82, 2.24) is 39.5 Å². The summed E-state index contributed by atoms with van der Waals surface area (Å²) in [6.07, 6.45) is 0. The second kappa shape index (κ2) is 5.70. The molecule has 0 fully saturated rings. The molecule has 0 spiro atoms. The molecule has 160 valence electrons. The predicted molar refractivity (Wildman–Crippen MR) is 78.4 cm³/mol. The van der Waals surface area contributed by atoms with Crippen LogP contribution in [0.2, 0.25) is 0 Å². The first-order valence-corrected chi connectivity index (χ1v) is 7.18. The molecular formula is C8F2N12O9. The lowest BCUT2D eigenvalue weighted by Crippen LogP contribution is -2.41. The first kappa shape index (κ1) is 19.2. The topological polar surface area (TPSA) is 272 Å². The van der Waals surface area contributed by atoms with Gasteiger partial charge in [0.15, 0.2) is 0 Å². The summed E-state index contributed by atoms with van der Waals surface area (Å²) < 4.78 is 34.2. The Labute approximate surface area is 160 Å². The van der Waals surface area contributed by atoms with E-state index < -0.39 is 65.8 Å². The van der Waals surface area contributed by atoms with Crippen molar-refractivity contribution in [1.29, 1.82) is 0 Å². The molecule has 31 heavy (non-hydrogen) atoms. The lowest BCUT2D eigenvalue weighted by molar-refractivity contribution is -0.848. The number of nitro groups is 4. The Balaban J connectivity index is 2.21. The Morgan fingerprint density at radius 1 is 0.645 bits per heavy atom. The van der Waals surface area contributed by atoms with Gasteiger partial charge in [-0.25, -0.2) is 13.4 Å². The molecule has 0 aliphatic carbocycles. The van der Waals surface area contributed by atoms with Crippen LogP contribution in [0.3, 0.4) is 0 Å². The summed E-state index contributed by atoms with van der Waals surface area (Å²) in [7, 11) is 0. The monoisotopic (exact) mass is 446 g/mol. The first-order valence-electron chi connectivity index (χ1n) is 7.18. The van der Waals surface area contributed by atoms with Gasteiger partial charge in [0.1, 0.15) is 19.7 Å². The van der Waals surface area contributed by atoms with Crippen LogP contribution in [-0.2, 0) is 11.8 Å². The van der Waals surface area contributed by atoms with E-state index in [1.54, 1.807) is 0 Å². The summed E-state index contributed by atoms with van der Waals surface area (Å²) in [5.74, 6) is -12.3. The minimum absolute atomic E-state index is 0.240. The molecule has 21 nitrogen and oxygen atoms in total. The second-order valence-corrected chi connectivity index (χ2v) is 5.48. The van der Waals surface area contributed by atoms with Crippen LogP contribution in [0.15, 0.2) is 4.63 Å². The summed E-state index contributed by atoms with van der Waals surface area (Å²) in [4.78, 5) is 36.4. The van der Waals surface area contributed by atoms with Gasteiger partial charge in [-0.05, 0) is 10.3 Å². The highest BCUT2D eigenvalue weighted by Gasteiger charge is 2.67. The summed E-state index contributed by atoms with van der Waals surface area (Å²) in [5.41, 5.74) is -3.42. The van der Waals surface area contributed by atoms with E-state index in [2.05, 4.69) is 35.3 Å². The van der Waals surface area contributed by atoms with Gasteiger partial charge < -0.3 is 0 Å². The van der Waals surface area contributed by atoms with Crippen LogP contribution < -0.4 is 0 Å². The van der Waals surface area contributed by atoms with E-state index in [4.69, 9.17) is 0 Å². The number of hydrogen-bond donors (Lipinski definition) is 0. The van der Waals surface area contributed by atoms with E-state index in [0.717, 1.165) is 0 Å². The number of alkyl halides is 2. The number of hydrogen-bond acceptors (Lipinski definition) is 15. The molecule has 0 aromatic carbocycles. The smallest absolute Gasteiger partial charge is 0.256 e. The van der Waals surface area contributed by atoms with Gasteiger partial charge in [-0.2, -0.15) is 0 Å². The standard InChI is InChI=1S/C8F2N12O9/c9-7(19(23)24,20(25)26)5-13-11-1-2-12-14-6(8(10,21(27)28)22(29)30)18(2)4-3(17(1)5)15-31-16-4. The highest BCUT2D eigenvalue weighted by atomic mass is 19.2. The highest BCUT2D eigenvalue weighted by molar-refractivity contribution is 5.80. The van der Waals surface area contributed by atoms with Gasteiger partial charge in [0.2, 0.25) is 22.6 Å². The Kier molecular flexibility index (Phi) is 3.53. The van der Waals surface area contributed by atoms with Crippen molar-refractivity contribution in [2.75, 3.05) is 0 Å². The van der Waals surface area contributed by atoms with Gasteiger partial charge >= 0.3 is 23.5 Å². The Hall–Kier alpha value is -5.12. The molecule has 4 heterocycles. The Morgan fingerprint density at radius 2 is 0.968 bits per heavy atom. The molecule has 0 saturated heterocycles. The van der Waals surface area contributed by atoms with E-state index >= 15 is 0 Å². The van der Waals surface area contributed by atoms with E-state index in [1.807, 2.05) is 0 Å². The van der Waals surface area contributed by atoms with Crippen LogP contribution in [0.1, 0.15) is 11.6 Å². The maximum atomic E-state index is 14.7. The minimum Gasteiger partial charge on any atom is -0.256 e. The lowest BCUT2D eigenvalue weighted by atomic mass is 10.4. The van der Waals surface area contributed by atoms with E-state index in [9.17, 15) is 49.2 Å². The number of nitrogens with zero attached hydrogens (tertiary/aromatic N) is 12. The largest absolute Gasteiger partial charge is 0.678 e. The summed E-state index contributed by atoms with van der Waals surface area (Å²) >= 11 is 0. The normalized spacial score (nSPS) is 12.6. The maximum Gasteiger partial charge on any atom is 0.678 e. The Bertz CT molecular complexity index is 1300. The molecule has 23 heteroatoms. The SMILES string of the molecule is O=[N+]([O-])C(F)(c1nnc2c3nnc(C(F)([N+](=O)[O-])[N+](=O)[O-])n3c3nonc3n12)[N+](=O)[O-]. The van der Waals surface area contributed by atoms with Crippen LogP contribution >= 0.6 is 0 Å². The van der Waals surface area contributed by atoms with Crippen molar-refractivity contribution in [3.8, 4) is 0 Å². The maximum absolute atomic E-state index is 14.7. The number of aromatic nitrogens is 8. The van der Waals surface area contributed by atoms with Gasteiger partial charge in [-0.1, -0.05) is 8.78 Å². The Morgan fingerprint density at radius 3 is 1.26 bits per heavy atom. The van der Waals surface area contributed by atoms with Crippen molar-refractivity contribution >= 4 is 22.6 Å². The summed E-state index contributed by atoms with van der Waals surface area (Å²) in [6.45, 7) is 0. The number of halogens is 2. The zero-order chi connectivity index (χ0) is 22.9. The third kappa shape index (κ3) is 2.09. The van der Waals surface area contributed by atoms with Crippen molar-refractivity contribution in [2.45, 2.75) is 11.8 Å². The molecular weight excluding hydrogens is 446 g/mol. The van der Waals surface area contributed by atoms with Gasteiger partial charge in [0, 0.05) is 0 Å². The van der Waals surface area contributed by atoms with Crippen molar-refractivity contribution in [3.05, 3.63) is 52.1 Å². The molecule has 4 rings (SSSR count). The van der Waals surface area contributed by atoms with Crippen LogP contribution in [0.25, 0.3) is 22.6 Å². The van der Waals surface area contributed by atoms with Crippen LogP contribution in [0.4, 0.5) is 8.78 Å². The zero-order valence-electron chi connectivity index (χ0n) is 13.8. The highest BCUT2D eigenvalue weighted by Crippen LogP contribution is 2.32. The molecule has 0 aliphatic heterocycles. The summed E-state index contributed by atoms with van der Waals surface area (Å²) in [6, 6.07) is 0. The van der Waals surface area contributed by atoms with E-state index in [0.29, 0.717) is 0 Å². The van der Waals surface area contributed by atoms with Crippen LogP contribution in [0, 0.1) is 40.5 Å². The third-order valence-electron chi connectivity index (χ3n) is 3.94. The predicted octanol–water partition coefficient (Wildman–Crippen LogP) is -1.43. The molecule has 4 aromatic rings. The average molecular weight is 446 g/mol. The quantitative estimate of drug-likeness (QED) is 0.142. The van der Waals surface area contributed by atoms with Gasteiger partial charge in [0.25, 0.3) is 0 Å². The molecule has 0 aliphatic rings. The fourth-order valence-corrected chi connectivity index (χ4v) is 2.59. The van der Waals surface area contributed by atoms with Crippen LogP contribution in [0.5, 0.6) is 0 Å². The fraction of sp³-hybridized carbons (Fsp3) is 0.250. The zero-order valence-corrected chi connectivity index (χ0v) is 13.8. The molecule has 4 aromatic heterocycles. The van der Waals surface area contributed by atoms with Gasteiger partial charge in [-0.3, -0.25) is 40.5 Å². The molecule has 0 radical (unpaired) electrons. The molecule has 0 saturated carbocycles. The van der Waals surface area contributed by atoms with E-state index in [-0.39, 0.29) is 8.80 Å². The lowest BCUT2D eigenvalue weighted by Gasteiger charge is -2.07. The molecule has 0 atom stereocenters. The molecule has 0 N–H and O–H groups in total. The number of rotatable bonds is 6. The second-order valence-electron chi connectivity index (χ2n) is 5.48. The van der Waals surface area contributed by atoms with Crippen molar-refractivity contribution < 1.29 is 33.1 Å². The number of fused-ring (bicyclic) bond motifs is 6. The molecule has 0 unspecified atom stereocenters. The third-order valence-corrected chi connectivity index (χ3v) is 3.94. The molecule has 0 bridgehead atoms. The van der Waals surface area contributed by atoms with E-state index in [1.165, 1.54) is 0 Å². The van der Waals surface area contributed by atoms with Gasteiger partial charge in [-0.15, -0.1) is 20.4 Å². The molecule has 0 amide bonds. The first-order chi connectivity index (χ1) is 14.5.